The largest absolute Gasteiger partial charge is 0.480 e. The molecule has 0 fully saturated rings. The third-order valence-corrected chi connectivity index (χ3v) is 4.53. The fourth-order valence-corrected chi connectivity index (χ4v) is 2.97. The minimum absolute atomic E-state index is 0.233. The van der Waals surface area contributed by atoms with E-state index in [9.17, 15) is 19.2 Å². The molecule has 1 aromatic carbocycles. The molecule has 2 rings (SSSR count). The van der Waals surface area contributed by atoms with Crippen LogP contribution in [0.25, 0.3) is 0 Å². The number of rotatable bonds is 4. The average molecular weight is 338 g/mol. The standard InChI is InChI=1S/C16H16ClNO5/c1-3-16(2)10-5-4-8(17)6-9(10)13(21)12(14(16)22)15(23)18-7-11(19)20/h4-6,12H,3,7H2,1-2H3,(H,18,23)(H,19,20). The monoisotopic (exact) mass is 337 g/mol. The van der Waals surface area contributed by atoms with Gasteiger partial charge in [-0.25, -0.2) is 0 Å². The van der Waals surface area contributed by atoms with Crippen LogP contribution >= 0.6 is 11.6 Å². The first kappa shape index (κ1) is 17.1. The summed E-state index contributed by atoms with van der Waals surface area (Å²) in [5.74, 6) is -4.88. The fraction of sp³-hybridized carbons (Fsp3) is 0.375. The van der Waals surface area contributed by atoms with Gasteiger partial charge >= 0.3 is 5.97 Å². The molecule has 7 heteroatoms. The van der Waals surface area contributed by atoms with E-state index in [0.717, 1.165) is 0 Å². The van der Waals surface area contributed by atoms with Crippen LogP contribution in [0.5, 0.6) is 0 Å². The zero-order chi connectivity index (χ0) is 17.4. The lowest BCUT2D eigenvalue weighted by atomic mass is 9.64. The van der Waals surface area contributed by atoms with Crippen molar-refractivity contribution in [3.63, 3.8) is 0 Å². The average Bonchev–Trinajstić information content (AvgIpc) is 2.50. The van der Waals surface area contributed by atoms with Gasteiger partial charge in [-0.05, 0) is 31.0 Å². The molecule has 0 saturated heterocycles. The van der Waals surface area contributed by atoms with Crippen molar-refractivity contribution in [2.75, 3.05) is 6.54 Å². The fourth-order valence-electron chi connectivity index (χ4n) is 2.79. The number of hydrogen-bond donors (Lipinski definition) is 2. The molecule has 1 aliphatic carbocycles. The number of halogens is 1. The van der Waals surface area contributed by atoms with Crippen molar-refractivity contribution in [2.45, 2.75) is 25.7 Å². The Morgan fingerprint density at radius 3 is 2.57 bits per heavy atom. The lowest BCUT2D eigenvalue weighted by Crippen LogP contribution is -2.52. The van der Waals surface area contributed by atoms with Crippen LogP contribution in [0.4, 0.5) is 0 Å². The molecule has 6 nitrogen and oxygen atoms in total. The molecule has 0 heterocycles. The van der Waals surface area contributed by atoms with Crippen LogP contribution in [-0.4, -0.2) is 35.1 Å². The smallest absolute Gasteiger partial charge is 0.322 e. The molecule has 2 atom stereocenters. The van der Waals surface area contributed by atoms with E-state index in [-0.39, 0.29) is 5.56 Å². The molecular weight excluding hydrogens is 322 g/mol. The number of amides is 1. The van der Waals surface area contributed by atoms with Crippen molar-refractivity contribution in [1.29, 1.82) is 0 Å². The number of carboxylic acid groups (broad SMARTS) is 1. The lowest BCUT2D eigenvalue weighted by Gasteiger charge is -2.36. The molecule has 23 heavy (non-hydrogen) atoms. The van der Waals surface area contributed by atoms with E-state index in [1.54, 1.807) is 26.0 Å². The predicted molar refractivity (Wildman–Crippen MR) is 82.6 cm³/mol. The normalized spacial score (nSPS) is 23.3. The maximum Gasteiger partial charge on any atom is 0.322 e. The van der Waals surface area contributed by atoms with Gasteiger partial charge in [0.2, 0.25) is 5.91 Å². The molecule has 2 unspecified atom stereocenters. The Morgan fingerprint density at radius 1 is 1.35 bits per heavy atom. The summed E-state index contributed by atoms with van der Waals surface area (Å²) < 4.78 is 0. The van der Waals surface area contributed by atoms with Crippen LogP contribution in [0.1, 0.15) is 36.2 Å². The molecule has 2 N–H and O–H groups in total. The summed E-state index contributed by atoms with van der Waals surface area (Å²) in [6, 6.07) is 4.67. The van der Waals surface area contributed by atoms with E-state index in [2.05, 4.69) is 5.32 Å². The van der Waals surface area contributed by atoms with Crippen molar-refractivity contribution >= 4 is 35.0 Å². The highest BCUT2D eigenvalue weighted by Gasteiger charge is 2.50. The van der Waals surface area contributed by atoms with E-state index >= 15 is 0 Å². The number of fused-ring (bicyclic) bond motifs is 1. The Morgan fingerprint density at radius 2 is 2.00 bits per heavy atom. The summed E-state index contributed by atoms with van der Waals surface area (Å²) in [7, 11) is 0. The molecule has 0 aliphatic heterocycles. The number of hydrogen-bond acceptors (Lipinski definition) is 4. The van der Waals surface area contributed by atoms with E-state index in [1.165, 1.54) is 6.07 Å². The summed E-state index contributed by atoms with van der Waals surface area (Å²) in [4.78, 5) is 48.1. The first-order valence-corrected chi connectivity index (χ1v) is 7.48. The zero-order valence-electron chi connectivity index (χ0n) is 12.7. The van der Waals surface area contributed by atoms with Gasteiger partial charge in [0.1, 0.15) is 6.54 Å². The quantitative estimate of drug-likeness (QED) is 0.812. The summed E-state index contributed by atoms with van der Waals surface area (Å²) in [5, 5.41) is 11.1. The molecule has 1 aromatic rings. The highest BCUT2D eigenvalue weighted by atomic mass is 35.5. The van der Waals surface area contributed by atoms with Crippen LogP contribution in [0.2, 0.25) is 5.02 Å². The molecule has 1 amide bonds. The lowest BCUT2D eigenvalue weighted by molar-refractivity contribution is -0.140. The maximum atomic E-state index is 12.8. The van der Waals surface area contributed by atoms with Crippen molar-refractivity contribution in [1.82, 2.24) is 5.32 Å². The van der Waals surface area contributed by atoms with Crippen LogP contribution in [0, 0.1) is 5.92 Å². The predicted octanol–water partition coefficient (Wildman–Crippen LogP) is 1.59. The Hall–Kier alpha value is -2.21. The van der Waals surface area contributed by atoms with Crippen molar-refractivity contribution in [3.8, 4) is 0 Å². The summed E-state index contributed by atoms with van der Waals surface area (Å²) >= 11 is 5.93. The Kier molecular flexibility index (Phi) is 4.56. The van der Waals surface area contributed by atoms with Crippen molar-refractivity contribution in [2.24, 2.45) is 5.92 Å². The Labute approximate surface area is 137 Å². The molecular formula is C16H16ClNO5. The number of nitrogens with one attached hydrogen (secondary N) is 1. The van der Waals surface area contributed by atoms with Gasteiger partial charge in [-0.15, -0.1) is 0 Å². The first-order chi connectivity index (χ1) is 10.7. The third-order valence-electron chi connectivity index (χ3n) is 4.29. The molecule has 0 radical (unpaired) electrons. The van der Waals surface area contributed by atoms with Gasteiger partial charge in [0.25, 0.3) is 0 Å². The number of ketones is 2. The second-order valence-corrected chi connectivity index (χ2v) is 6.09. The highest BCUT2D eigenvalue weighted by molar-refractivity contribution is 6.33. The second-order valence-electron chi connectivity index (χ2n) is 5.65. The van der Waals surface area contributed by atoms with Crippen LogP contribution in [-0.2, 0) is 19.8 Å². The molecule has 0 saturated carbocycles. The SMILES string of the molecule is CCC1(C)C(=O)C(C(=O)NCC(=O)O)C(=O)c2cc(Cl)ccc21. The van der Waals surface area contributed by atoms with E-state index in [0.29, 0.717) is 17.0 Å². The van der Waals surface area contributed by atoms with Gasteiger partial charge in [-0.2, -0.15) is 0 Å². The van der Waals surface area contributed by atoms with Crippen molar-refractivity contribution in [3.05, 3.63) is 34.3 Å². The van der Waals surface area contributed by atoms with Gasteiger partial charge in [0.15, 0.2) is 17.5 Å². The second kappa shape index (κ2) is 6.12. The highest BCUT2D eigenvalue weighted by Crippen LogP contribution is 2.40. The molecule has 0 bridgehead atoms. The number of benzene rings is 1. The van der Waals surface area contributed by atoms with Gasteiger partial charge in [0, 0.05) is 10.6 Å². The van der Waals surface area contributed by atoms with E-state index in [1.807, 2.05) is 0 Å². The zero-order valence-corrected chi connectivity index (χ0v) is 13.4. The van der Waals surface area contributed by atoms with Crippen LogP contribution in [0.3, 0.4) is 0 Å². The number of carboxylic acids is 1. The van der Waals surface area contributed by atoms with E-state index < -0.39 is 41.3 Å². The molecule has 0 spiro atoms. The Balaban J connectivity index is 2.51. The van der Waals surface area contributed by atoms with Gasteiger partial charge in [-0.1, -0.05) is 24.6 Å². The summed E-state index contributed by atoms with van der Waals surface area (Å²) in [5.41, 5.74) is -0.224. The number of Topliss-reactive ketones (excluding diaryl/α,β-unsaturated/α-hetero) is 2. The summed E-state index contributed by atoms with van der Waals surface area (Å²) in [6.45, 7) is 2.81. The van der Waals surface area contributed by atoms with Crippen LogP contribution < -0.4 is 5.32 Å². The number of aliphatic carboxylic acids is 1. The van der Waals surface area contributed by atoms with Crippen LogP contribution in [0.15, 0.2) is 18.2 Å². The maximum absolute atomic E-state index is 12.8. The van der Waals surface area contributed by atoms with Gasteiger partial charge in [0.05, 0.1) is 5.41 Å². The Bertz CT molecular complexity index is 714. The minimum atomic E-state index is -1.55. The topological polar surface area (TPSA) is 101 Å². The molecule has 1 aliphatic rings. The minimum Gasteiger partial charge on any atom is -0.480 e. The third kappa shape index (κ3) is 2.86. The molecule has 0 aromatic heterocycles. The first-order valence-electron chi connectivity index (χ1n) is 7.10. The van der Waals surface area contributed by atoms with Gasteiger partial charge < -0.3 is 10.4 Å². The van der Waals surface area contributed by atoms with E-state index in [4.69, 9.17) is 16.7 Å². The summed E-state index contributed by atoms with van der Waals surface area (Å²) in [6.07, 6.45) is 0.399. The van der Waals surface area contributed by atoms with Crippen molar-refractivity contribution < 1.29 is 24.3 Å². The number of carbonyl (C=O) groups is 4. The molecule has 122 valence electrons. The number of carbonyl (C=O) groups excluding carboxylic acids is 3. The van der Waals surface area contributed by atoms with Gasteiger partial charge in [-0.3, -0.25) is 19.2 Å².